The van der Waals surface area contributed by atoms with E-state index in [0.717, 1.165) is 53.3 Å². The average molecular weight is 412 g/mol. The van der Waals surface area contributed by atoms with Crippen LogP contribution in [0.2, 0.25) is 0 Å². The molecule has 1 aliphatic rings. The van der Waals surface area contributed by atoms with E-state index in [-0.39, 0.29) is 18.5 Å². The van der Waals surface area contributed by atoms with Crippen LogP contribution in [0, 0.1) is 19.8 Å². The minimum atomic E-state index is -0.133. The molecule has 3 heterocycles. The molecule has 0 aliphatic carbocycles. The van der Waals surface area contributed by atoms with Crippen molar-refractivity contribution in [3.05, 3.63) is 46.6 Å². The molecule has 0 atom stereocenters. The molecule has 29 heavy (non-hydrogen) atoms. The number of thiophene rings is 1. The summed E-state index contributed by atoms with van der Waals surface area (Å²) in [4.78, 5) is 26.1. The lowest BCUT2D eigenvalue weighted by Crippen LogP contribution is -2.37. The number of rotatable bonds is 5. The van der Waals surface area contributed by atoms with Crippen molar-refractivity contribution in [1.29, 1.82) is 0 Å². The molecule has 1 saturated heterocycles. The molecule has 0 saturated carbocycles. The van der Waals surface area contributed by atoms with Crippen molar-refractivity contribution in [1.82, 2.24) is 9.97 Å². The minimum absolute atomic E-state index is 0.0800. The van der Waals surface area contributed by atoms with Gasteiger partial charge >= 0.3 is 5.97 Å². The Balaban J connectivity index is 1.39. The molecule has 4 rings (SSSR count). The van der Waals surface area contributed by atoms with E-state index < -0.39 is 0 Å². The van der Waals surface area contributed by atoms with Crippen LogP contribution in [0.4, 0.5) is 5.82 Å². The van der Waals surface area contributed by atoms with Crippen LogP contribution in [0.5, 0.6) is 5.75 Å². The molecule has 0 bridgehead atoms. The number of ether oxygens (including phenoxy) is 2. The Bertz CT molecular complexity index is 1030. The highest BCUT2D eigenvalue weighted by molar-refractivity contribution is 7.18. The van der Waals surface area contributed by atoms with Crippen LogP contribution in [-0.4, -0.2) is 36.1 Å². The van der Waals surface area contributed by atoms with Gasteiger partial charge in [-0.25, -0.2) is 9.97 Å². The standard InChI is InChI=1S/C22H25N3O3S/c1-14-15(2)29-21-19(14)20(23-13-24-21)25-10-8-16(9-11-25)22(26)28-12-17-6-4-5-7-18(17)27-3/h4-7,13,16H,8-12H2,1-3H3. The second-order valence-corrected chi connectivity index (χ2v) is 8.54. The summed E-state index contributed by atoms with van der Waals surface area (Å²) in [6, 6.07) is 7.61. The lowest BCUT2D eigenvalue weighted by atomic mass is 9.96. The first-order valence-corrected chi connectivity index (χ1v) is 10.6. The number of nitrogens with zero attached hydrogens (tertiary/aromatic N) is 3. The number of hydrogen-bond acceptors (Lipinski definition) is 7. The smallest absolute Gasteiger partial charge is 0.309 e. The van der Waals surface area contributed by atoms with Crippen LogP contribution in [0.3, 0.4) is 0 Å². The maximum Gasteiger partial charge on any atom is 0.309 e. The molecule has 2 aromatic heterocycles. The molecule has 0 radical (unpaired) electrons. The second-order valence-electron chi connectivity index (χ2n) is 7.34. The summed E-state index contributed by atoms with van der Waals surface area (Å²) >= 11 is 1.71. The number of hydrogen-bond donors (Lipinski definition) is 0. The molecule has 0 amide bonds. The van der Waals surface area contributed by atoms with Crippen molar-refractivity contribution >= 4 is 33.3 Å². The van der Waals surface area contributed by atoms with Crippen LogP contribution >= 0.6 is 11.3 Å². The number of anilines is 1. The van der Waals surface area contributed by atoms with Crippen molar-refractivity contribution in [2.75, 3.05) is 25.1 Å². The number of piperidine rings is 1. The molecule has 1 aliphatic heterocycles. The maximum atomic E-state index is 12.6. The zero-order chi connectivity index (χ0) is 20.4. The van der Waals surface area contributed by atoms with Gasteiger partial charge in [-0.3, -0.25) is 4.79 Å². The van der Waals surface area contributed by atoms with Crippen molar-refractivity contribution < 1.29 is 14.3 Å². The fourth-order valence-electron chi connectivity index (χ4n) is 3.82. The quantitative estimate of drug-likeness (QED) is 0.584. The molecule has 6 nitrogen and oxygen atoms in total. The number of para-hydroxylation sites is 1. The van der Waals surface area contributed by atoms with Gasteiger partial charge in [0.25, 0.3) is 0 Å². The topological polar surface area (TPSA) is 64.6 Å². The van der Waals surface area contributed by atoms with E-state index in [2.05, 4.69) is 28.7 Å². The number of fused-ring (bicyclic) bond motifs is 1. The van der Waals surface area contributed by atoms with E-state index in [1.807, 2.05) is 24.3 Å². The number of esters is 1. The van der Waals surface area contributed by atoms with E-state index in [9.17, 15) is 4.79 Å². The van der Waals surface area contributed by atoms with Gasteiger partial charge in [-0.2, -0.15) is 0 Å². The largest absolute Gasteiger partial charge is 0.496 e. The van der Waals surface area contributed by atoms with E-state index in [0.29, 0.717) is 0 Å². The first-order valence-electron chi connectivity index (χ1n) is 9.82. The molecule has 0 N–H and O–H groups in total. The second kappa shape index (κ2) is 8.37. The SMILES string of the molecule is COc1ccccc1COC(=O)C1CCN(c2ncnc3sc(C)c(C)c23)CC1. The Hall–Kier alpha value is -2.67. The van der Waals surface area contributed by atoms with E-state index >= 15 is 0 Å². The van der Waals surface area contributed by atoms with Crippen LogP contribution in [0.1, 0.15) is 28.8 Å². The van der Waals surface area contributed by atoms with Crippen molar-refractivity contribution in [2.45, 2.75) is 33.3 Å². The van der Waals surface area contributed by atoms with Gasteiger partial charge in [-0.05, 0) is 38.3 Å². The number of carbonyl (C=O) groups excluding carboxylic acids is 1. The molecular weight excluding hydrogens is 386 g/mol. The number of carbonyl (C=O) groups is 1. The van der Waals surface area contributed by atoms with E-state index in [1.165, 1.54) is 10.4 Å². The summed E-state index contributed by atoms with van der Waals surface area (Å²) in [5.74, 6) is 1.51. The summed E-state index contributed by atoms with van der Waals surface area (Å²) in [5.41, 5.74) is 2.13. The van der Waals surface area contributed by atoms with Gasteiger partial charge in [-0.15, -0.1) is 11.3 Å². The molecule has 3 aromatic rings. The number of benzene rings is 1. The Morgan fingerprint density at radius 3 is 2.72 bits per heavy atom. The zero-order valence-corrected chi connectivity index (χ0v) is 17.8. The molecule has 152 valence electrons. The Morgan fingerprint density at radius 2 is 1.97 bits per heavy atom. The number of aryl methyl sites for hydroxylation is 2. The predicted octanol–water partition coefficient (Wildman–Crippen LogP) is 4.28. The van der Waals surface area contributed by atoms with Gasteiger partial charge < -0.3 is 14.4 Å². The maximum absolute atomic E-state index is 12.6. The molecule has 1 fully saturated rings. The van der Waals surface area contributed by atoms with Crippen LogP contribution in [-0.2, 0) is 16.1 Å². The summed E-state index contributed by atoms with van der Waals surface area (Å²) in [6.07, 6.45) is 3.16. The van der Waals surface area contributed by atoms with Crippen LogP contribution < -0.4 is 9.64 Å². The third-order valence-electron chi connectivity index (χ3n) is 5.64. The first kappa shape index (κ1) is 19.6. The van der Waals surface area contributed by atoms with Crippen molar-refractivity contribution in [3.8, 4) is 5.75 Å². The van der Waals surface area contributed by atoms with Crippen LogP contribution in [0.25, 0.3) is 10.2 Å². The van der Waals surface area contributed by atoms with Gasteiger partial charge in [0.05, 0.1) is 18.4 Å². The average Bonchev–Trinajstić information content (AvgIpc) is 3.06. The molecule has 0 spiro atoms. The zero-order valence-electron chi connectivity index (χ0n) is 17.0. The summed E-state index contributed by atoms with van der Waals surface area (Å²) in [7, 11) is 1.62. The molecular formula is C22H25N3O3S. The third-order valence-corrected chi connectivity index (χ3v) is 6.75. The van der Waals surface area contributed by atoms with E-state index in [4.69, 9.17) is 9.47 Å². The molecule has 1 aromatic carbocycles. The van der Waals surface area contributed by atoms with Gasteiger partial charge in [0, 0.05) is 23.5 Å². The minimum Gasteiger partial charge on any atom is -0.496 e. The predicted molar refractivity (Wildman–Crippen MR) is 115 cm³/mol. The number of methoxy groups -OCH3 is 1. The van der Waals surface area contributed by atoms with Crippen LogP contribution in [0.15, 0.2) is 30.6 Å². The van der Waals surface area contributed by atoms with E-state index in [1.54, 1.807) is 24.8 Å². The Kier molecular flexibility index (Phi) is 5.67. The molecule has 0 unspecified atom stereocenters. The summed E-state index contributed by atoms with van der Waals surface area (Å²) in [6.45, 7) is 6.06. The van der Waals surface area contributed by atoms with Gasteiger partial charge in [-0.1, -0.05) is 18.2 Å². The first-order chi connectivity index (χ1) is 14.1. The van der Waals surface area contributed by atoms with Gasteiger partial charge in [0.1, 0.15) is 29.3 Å². The Morgan fingerprint density at radius 1 is 1.21 bits per heavy atom. The molecule has 7 heteroatoms. The lowest BCUT2D eigenvalue weighted by molar-refractivity contribution is -0.150. The monoisotopic (exact) mass is 411 g/mol. The van der Waals surface area contributed by atoms with Gasteiger partial charge in [0.15, 0.2) is 0 Å². The fourth-order valence-corrected chi connectivity index (χ4v) is 4.81. The van der Waals surface area contributed by atoms with Crippen molar-refractivity contribution in [3.63, 3.8) is 0 Å². The van der Waals surface area contributed by atoms with Crippen molar-refractivity contribution in [2.24, 2.45) is 5.92 Å². The van der Waals surface area contributed by atoms with Gasteiger partial charge in [0.2, 0.25) is 0 Å². The number of aromatic nitrogens is 2. The highest BCUT2D eigenvalue weighted by atomic mass is 32.1. The normalized spacial score (nSPS) is 14.9. The lowest BCUT2D eigenvalue weighted by Gasteiger charge is -2.32. The third kappa shape index (κ3) is 3.92. The Labute approximate surface area is 174 Å². The highest BCUT2D eigenvalue weighted by Gasteiger charge is 2.28. The summed E-state index contributed by atoms with van der Waals surface area (Å²) < 4.78 is 10.9. The highest BCUT2D eigenvalue weighted by Crippen LogP contribution is 2.35. The summed E-state index contributed by atoms with van der Waals surface area (Å²) in [5, 5.41) is 1.15. The fraction of sp³-hybridized carbons (Fsp3) is 0.409.